The second-order valence-electron chi connectivity index (χ2n) is 7.24. The fourth-order valence-corrected chi connectivity index (χ4v) is 3.28. The maximum Gasteiger partial charge on any atom is 0.0610 e. The number of rotatable bonds is 7. The molecule has 3 atom stereocenters. The van der Waals surface area contributed by atoms with E-state index in [1.54, 1.807) is 0 Å². The van der Waals surface area contributed by atoms with Crippen LogP contribution in [0.25, 0.3) is 0 Å². The molecule has 1 aliphatic heterocycles. The van der Waals surface area contributed by atoms with Crippen molar-refractivity contribution in [3.05, 3.63) is 0 Å². The highest BCUT2D eigenvalue weighted by atomic mass is 16.3. The zero-order valence-corrected chi connectivity index (χ0v) is 14.3. The number of likely N-dealkylation sites (N-methyl/N-ethyl adjacent to an activating group) is 1. The molecule has 0 amide bonds. The molecular formula is C16H35N3O. The third kappa shape index (κ3) is 5.32. The Labute approximate surface area is 125 Å². The van der Waals surface area contributed by atoms with Gasteiger partial charge in [-0.25, -0.2) is 0 Å². The highest BCUT2D eigenvalue weighted by Gasteiger charge is 2.27. The van der Waals surface area contributed by atoms with Gasteiger partial charge in [0.1, 0.15) is 0 Å². The smallest absolute Gasteiger partial charge is 0.0610 e. The van der Waals surface area contributed by atoms with Crippen molar-refractivity contribution >= 4 is 0 Å². The van der Waals surface area contributed by atoms with E-state index >= 15 is 0 Å². The van der Waals surface area contributed by atoms with Crippen molar-refractivity contribution < 1.29 is 5.11 Å². The average Bonchev–Trinajstić information content (AvgIpc) is 2.35. The maximum absolute atomic E-state index is 9.61. The first kappa shape index (κ1) is 17.9. The minimum atomic E-state index is -0.141. The molecule has 0 aliphatic carbocycles. The van der Waals surface area contributed by atoms with Gasteiger partial charge in [0.2, 0.25) is 0 Å². The number of hydrogen-bond donors (Lipinski definition) is 2. The summed E-state index contributed by atoms with van der Waals surface area (Å²) in [6.45, 7) is 14.7. The predicted octanol–water partition coefficient (Wildman–Crippen LogP) is 1.54. The monoisotopic (exact) mass is 285 g/mol. The summed E-state index contributed by atoms with van der Waals surface area (Å²) in [5.41, 5.74) is -0.141. The largest absolute Gasteiger partial charge is 0.394 e. The molecule has 20 heavy (non-hydrogen) atoms. The highest BCUT2D eigenvalue weighted by molar-refractivity contribution is 4.86. The lowest BCUT2D eigenvalue weighted by Crippen LogP contribution is -2.55. The standard InChI is InChI=1S/C16H35N3O/c1-13(2)17-16(5,12-20)8-7-9-19-10-14(3)18(6)15(4)11-19/h13-15,17,20H,7-12H2,1-6H3. The van der Waals surface area contributed by atoms with Crippen LogP contribution in [0.1, 0.15) is 47.5 Å². The summed E-state index contributed by atoms with van der Waals surface area (Å²) in [6, 6.07) is 1.68. The zero-order valence-electron chi connectivity index (χ0n) is 14.3. The van der Waals surface area contributed by atoms with E-state index in [2.05, 4.69) is 56.8 Å². The van der Waals surface area contributed by atoms with E-state index in [0.717, 1.165) is 32.5 Å². The fraction of sp³-hybridized carbons (Fsp3) is 1.00. The van der Waals surface area contributed by atoms with Crippen molar-refractivity contribution in [2.24, 2.45) is 0 Å². The van der Waals surface area contributed by atoms with Gasteiger partial charge < -0.3 is 15.3 Å². The molecule has 0 bridgehead atoms. The Kier molecular flexibility index (Phi) is 6.92. The molecule has 0 saturated carbocycles. The van der Waals surface area contributed by atoms with Crippen LogP contribution in [0.15, 0.2) is 0 Å². The van der Waals surface area contributed by atoms with Gasteiger partial charge in [0, 0.05) is 36.8 Å². The van der Waals surface area contributed by atoms with Crippen LogP contribution in [-0.4, -0.2) is 71.9 Å². The first-order chi connectivity index (χ1) is 9.27. The number of nitrogens with zero attached hydrogens (tertiary/aromatic N) is 2. The van der Waals surface area contributed by atoms with E-state index in [4.69, 9.17) is 0 Å². The van der Waals surface area contributed by atoms with Gasteiger partial charge in [-0.05, 0) is 47.2 Å². The first-order valence-electron chi connectivity index (χ1n) is 8.10. The van der Waals surface area contributed by atoms with Gasteiger partial charge in [-0.15, -0.1) is 0 Å². The molecule has 0 spiro atoms. The van der Waals surface area contributed by atoms with Crippen molar-refractivity contribution in [1.29, 1.82) is 0 Å². The summed E-state index contributed by atoms with van der Waals surface area (Å²) in [6.07, 6.45) is 2.16. The topological polar surface area (TPSA) is 38.7 Å². The van der Waals surface area contributed by atoms with Crippen molar-refractivity contribution in [2.45, 2.75) is 71.1 Å². The van der Waals surface area contributed by atoms with Crippen LogP contribution in [0, 0.1) is 0 Å². The van der Waals surface area contributed by atoms with Crippen LogP contribution < -0.4 is 5.32 Å². The lowest BCUT2D eigenvalue weighted by molar-refractivity contribution is 0.0562. The number of aliphatic hydroxyl groups is 1. The van der Waals surface area contributed by atoms with E-state index in [1.807, 2.05) is 0 Å². The average molecular weight is 285 g/mol. The summed E-state index contributed by atoms with van der Waals surface area (Å²) in [5, 5.41) is 13.1. The molecule has 4 nitrogen and oxygen atoms in total. The van der Waals surface area contributed by atoms with E-state index in [1.165, 1.54) is 0 Å². The molecule has 0 aromatic carbocycles. The second kappa shape index (κ2) is 7.74. The molecule has 120 valence electrons. The van der Waals surface area contributed by atoms with Gasteiger partial charge in [-0.3, -0.25) is 4.90 Å². The summed E-state index contributed by atoms with van der Waals surface area (Å²) in [5.74, 6) is 0. The van der Waals surface area contributed by atoms with Gasteiger partial charge in [0.15, 0.2) is 0 Å². The number of hydrogen-bond acceptors (Lipinski definition) is 4. The zero-order chi connectivity index (χ0) is 15.3. The van der Waals surface area contributed by atoms with Gasteiger partial charge in [-0.1, -0.05) is 13.8 Å². The number of piperazine rings is 1. The van der Waals surface area contributed by atoms with Crippen LogP contribution in [-0.2, 0) is 0 Å². The third-order valence-electron chi connectivity index (χ3n) is 4.62. The maximum atomic E-state index is 9.61. The van der Waals surface area contributed by atoms with Crippen LogP contribution in [0.3, 0.4) is 0 Å². The lowest BCUT2D eigenvalue weighted by atomic mass is 9.95. The van der Waals surface area contributed by atoms with E-state index in [9.17, 15) is 5.11 Å². The lowest BCUT2D eigenvalue weighted by Gasteiger charge is -2.42. The first-order valence-corrected chi connectivity index (χ1v) is 8.10. The van der Waals surface area contributed by atoms with E-state index in [-0.39, 0.29) is 12.1 Å². The molecule has 1 fully saturated rings. The molecule has 1 aliphatic rings. The predicted molar refractivity (Wildman–Crippen MR) is 86.1 cm³/mol. The van der Waals surface area contributed by atoms with Crippen molar-refractivity contribution in [2.75, 3.05) is 33.3 Å². The van der Waals surface area contributed by atoms with Crippen LogP contribution >= 0.6 is 0 Å². The van der Waals surface area contributed by atoms with Crippen LogP contribution in [0.2, 0.25) is 0 Å². The molecule has 1 saturated heterocycles. The molecule has 0 aromatic rings. The fourth-order valence-electron chi connectivity index (χ4n) is 3.28. The third-order valence-corrected chi connectivity index (χ3v) is 4.62. The Balaban J connectivity index is 2.36. The highest BCUT2D eigenvalue weighted by Crippen LogP contribution is 2.17. The number of nitrogens with one attached hydrogen (secondary N) is 1. The van der Waals surface area contributed by atoms with Gasteiger partial charge in [-0.2, -0.15) is 0 Å². The normalized spacial score (nSPS) is 28.8. The second-order valence-corrected chi connectivity index (χ2v) is 7.24. The molecule has 3 unspecified atom stereocenters. The van der Waals surface area contributed by atoms with Gasteiger partial charge in [0.25, 0.3) is 0 Å². The van der Waals surface area contributed by atoms with Gasteiger partial charge >= 0.3 is 0 Å². The Morgan fingerprint density at radius 1 is 1.25 bits per heavy atom. The molecule has 2 N–H and O–H groups in total. The summed E-state index contributed by atoms with van der Waals surface area (Å²) in [7, 11) is 2.22. The number of aliphatic hydroxyl groups excluding tert-OH is 1. The Bertz CT molecular complexity index is 273. The van der Waals surface area contributed by atoms with Crippen LogP contribution in [0.4, 0.5) is 0 Å². The quantitative estimate of drug-likeness (QED) is 0.744. The minimum Gasteiger partial charge on any atom is -0.394 e. The molecule has 1 rings (SSSR count). The Hall–Kier alpha value is -0.160. The molecular weight excluding hydrogens is 250 g/mol. The summed E-state index contributed by atoms with van der Waals surface area (Å²) in [4.78, 5) is 5.04. The molecule has 1 heterocycles. The molecule has 0 aromatic heterocycles. The summed E-state index contributed by atoms with van der Waals surface area (Å²) < 4.78 is 0. The van der Waals surface area contributed by atoms with Crippen LogP contribution in [0.5, 0.6) is 0 Å². The van der Waals surface area contributed by atoms with Gasteiger partial charge in [0.05, 0.1) is 6.61 Å². The molecule has 4 heteroatoms. The Morgan fingerprint density at radius 2 is 1.80 bits per heavy atom. The van der Waals surface area contributed by atoms with Crippen molar-refractivity contribution in [3.63, 3.8) is 0 Å². The Morgan fingerprint density at radius 3 is 2.25 bits per heavy atom. The van der Waals surface area contributed by atoms with Crippen molar-refractivity contribution in [1.82, 2.24) is 15.1 Å². The summed E-state index contributed by atoms with van der Waals surface area (Å²) >= 11 is 0. The SMILES string of the molecule is CC(C)NC(C)(CO)CCCN1CC(C)N(C)C(C)C1. The molecule has 0 radical (unpaired) electrons. The van der Waals surface area contributed by atoms with E-state index in [0.29, 0.717) is 18.1 Å². The van der Waals surface area contributed by atoms with Crippen molar-refractivity contribution in [3.8, 4) is 0 Å². The van der Waals surface area contributed by atoms with E-state index < -0.39 is 0 Å². The minimum absolute atomic E-state index is 0.141.